The number of nitrogens with one attached hydrogen (secondary N) is 1. The van der Waals surface area contributed by atoms with E-state index >= 15 is 0 Å². The third-order valence-electron chi connectivity index (χ3n) is 7.32. The smallest absolute Gasteiger partial charge is 0.318 e. The number of hydrogen-bond donors (Lipinski definition) is 3. The van der Waals surface area contributed by atoms with Crippen LogP contribution in [0.3, 0.4) is 0 Å². The van der Waals surface area contributed by atoms with Gasteiger partial charge < -0.3 is 25.0 Å². The normalized spacial score (nSPS) is 20.3. The van der Waals surface area contributed by atoms with Crippen molar-refractivity contribution in [2.75, 3.05) is 25.5 Å². The lowest BCUT2D eigenvalue weighted by molar-refractivity contribution is 0.0403. The number of amides is 2. The minimum absolute atomic E-state index is 0.103. The number of likely N-dealkylation sites (N-methyl/N-ethyl adjacent to an activating group) is 1. The van der Waals surface area contributed by atoms with Gasteiger partial charge in [0.25, 0.3) is 0 Å². The molecule has 2 amide bonds. The maximum absolute atomic E-state index is 14.1. The summed E-state index contributed by atoms with van der Waals surface area (Å²) in [7, 11) is 1.95. The lowest BCUT2D eigenvalue weighted by Gasteiger charge is -2.35. The second-order valence-corrected chi connectivity index (χ2v) is 10.0. The molecule has 6 rings (SSSR count). The number of β-amino-alcohol motifs (C(OH)–C–C–N with tert-alkyl or cyclic N) is 1. The van der Waals surface area contributed by atoms with E-state index in [0.717, 1.165) is 28.8 Å². The van der Waals surface area contributed by atoms with Crippen LogP contribution in [0.5, 0.6) is 5.75 Å². The monoisotopic (exact) mass is 531 g/mol. The minimum Gasteiger partial charge on any atom is -0.488 e. The van der Waals surface area contributed by atoms with Crippen molar-refractivity contribution in [2.45, 2.75) is 25.2 Å². The molecule has 0 radical (unpaired) electrons. The first-order chi connectivity index (χ1) is 18.8. The van der Waals surface area contributed by atoms with E-state index in [-0.39, 0.29) is 24.4 Å². The standard InChI is InChI=1S/C29H27F2N5O3/c1-35-9-8-25(26(37)14-35)36-24-7-2-16(11-23(24)33-29(36)34-28(32)38)10-22-20-5-3-18(30)12-17(20)15-39-27-13-19(31)4-6-21(22)27/h2-7,10-13,25-26,37H,8-9,14-15H2,1H3,(H3,32,33,34,38)/b22-10+/t25-,26-/m0/s1. The zero-order valence-electron chi connectivity index (χ0n) is 21.2. The summed E-state index contributed by atoms with van der Waals surface area (Å²) in [6, 6.07) is 13.5. The Hall–Kier alpha value is -4.28. The summed E-state index contributed by atoms with van der Waals surface area (Å²) < 4.78 is 35.8. The molecule has 4 aromatic rings. The van der Waals surface area contributed by atoms with E-state index in [1.165, 1.54) is 24.3 Å². The van der Waals surface area contributed by atoms with Crippen LogP contribution in [0.2, 0.25) is 0 Å². The summed E-state index contributed by atoms with van der Waals surface area (Å²) in [4.78, 5) is 18.5. The topological polar surface area (TPSA) is 106 Å². The number of piperidine rings is 1. The van der Waals surface area contributed by atoms with Crippen molar-refractivity contribution in [3.63, 3.8) is 0 Å². The number of halogens is 2. The van der Waals surface area contributed by atoms with Crippen LogP contribution in [0.15, 0.2) is 54.6 Å². The van der Waals surface area contributed by atoms with Gasteiger partial charge in [-0.15, -0.1) is 0 Å². The van der Waals surface area contributed by atoms with Gasteiger partial charge in [-0.05, 0) is 72.6 Å². The number of nitrogens with two attached hydrogens (primary N) is 1. The number of aromatic nitrogens is 2. The Morgan fingerprint density at radius 1 is 1.13 bits per heavy atom. The average Bonchev–Trinajstić information content (AvgIpc) is 3.15. The van der Waals surface area contributed by atoms with Crippen LogP contribution in [0.4, 0.5) is 19.5 Å². The lowest BCUT2D eigenvalue weighted by Crippen LogP contribution is -2.43. The van der Waals surface area contributed by atoms with E-state index in [2.05, 4.69) is 15.2 Å². The molecule has 0 unspecified atom stereocenters. The molecular weight excluding hydrogens is 504 g/mol. The van der Waals surface area contributed by atoms with Crippen molar-refractivity contribution >= 4 is 34.7 Å². The molecule has 1 aromatic heterocycles. The van der Waals surface area contributed by atoms with Gasteiger partial charge in [0.2, 0.25) is 5.95 Å². The van der Waals surface area contributed by atoms with Gasteiger partial charge in [-0.1, -0.05) is 12.1 Å². The highest BCUT2D eigenvalue weighted by Gasteiger charge is 2.31. The highest BCUT2D eigenvalue weighted by molar-refractivity contribution is 5.96. The number of primary amides is 1. The van der Waals surface area contributed by atoms with Gasteiger partial charge in [0.15, 0.2) is 0 Å². The largest absolute Gasteiger partial charge is 0.488 e. The maximum atomic E-state index is 14.1. The molecule has 0 saturated carbocycles. The van der Waals surface area contributed by atoms with Crippen LogP contribution in [0.1, 0.15) is 34.7 Å². The number of hydrogen-bond acceptors (Lipinski definition) is 5. The minimum atomic E-state index is -0.748. The molecule has 0 spiro atoms. The van der Waals surface area contributed by atoms with Crippen LogP contribution in [0, 0.1) is 11.6 Å². The number of fused-ring (bicyclic) bond motifs is 3. The summed E-state index contributed by atoms with van der Waals surface area (Å²) in [6.07, 6.45) is 1.94. The Kier molecular flexibility index (Phi) is 6.28. The number of benzene rings is 3. The van der Waals surface area contributed by atoms with Gasteiger partial charge >= 0.3 is 6.03 Å². The fourth-order valence-electron chi connectivity index (χ4n) is 5.52. The number of aliphatic hydroxyl groups excluding tert-OH is 1. The predicted octanol–water partition coefficient (Wildman–Crippen LogP) is 4.52. The predicted molar refractivity (Wildman–Crippen MR) is 144 cm³/mol. The molecule has 200 valence electrons. The van der Waals surface area contributed by atoms with Crippen LogP contribution < -0.4 is 15.8 Å². The molecule has 3 aromatic carbocycles. The number of aliphatic hydroxyl groups is 1. The summed E-state index contributed by atoms with van der Waals surface area (Å²) in [5.74, 6) is -0.179. The van der Waals surface area contributed by atoms with Gasteiger partial charge in [-0.25, -0.2) is 18.6 Å². The fraction of sp³-hybridized carbons (Fsp3) is 0.241. The SMILES string of the molecule is CN1CC[C@H](n2c(NC(N)=O)nc3cc(/C=C4\c5ccc(F)cc5COc5cc(F)ccc54)ccc32)[C@@H](O)C1. The third kappa shape index (κ3) is 4.73. The molecule has 0 aliphatic carbocycles. The van der Waals surface area contributed by atoms with Crippen molar-refractivity contribution in [2.24, 2.45) is 5.73 Å². The van der Waals surface area contributed by atoms with E-state index < -0.39 is 18.0 Å². The molecule has 3 heterocycles. The van der Waals surface area contributed by atoms with Crippen molar-refractivity contribution in [3.8, 4) is 5.75 Å². The summed E-state index contributed by atoms with van der Waals surface area (Å²) in [5, 5.41) is 13.4. The van der Waals surface area contributed by atoms with Crippen LogP contribution in [-0.2, 0) is 6.61 Å². The molecule has 0 bridgehead atoms. The molecule has 8 nitrogen and oxygen atoms in total. The number of ether oxygens (including phenoxy) is 1. The van der Waals surface area contributed by atoms with Gasteiger partial charge in [0.1, 0.15) is 24.0 Å². The first kappa shape index (κ1) is 25.0. The Bertz CT molecular complexity index is 1580. The highest BCUT2D eigenvalue weighted by atomic mass is 19.1. The molecule has 1 fully saturated rings. The van der Waals surface area contributed by atoms with Gasteiger partial charge in [0.05, 0.1) is 23.2 Å². The first-order valence-electron chi connectivity index (χ1n) is 12.6. The second-order valence-electron chi connectivity index (χ2n) is 10.0. The number of carbonyl (C=O) groups is 1. The van der Waals surface area contributed by atoms with Crippen molar-refractivity contribution < 1.29 is 23.4 Å². The van der Waals surface area contributed by atoms with Crippen molar-refractivity contribution in [1.29, 1.82) is 0 Å². The number of urea groups is 1. The summed E-state index contributed by atoms with van der Waals surface area (Å²) >= 11 is 0. The zero-order chi connectivity index (χ0) is 27.3. The van der Waals surface area contributed by atoms with Gasteiger partial charge in [-0.2, -0.15) is 0 Å². The molecular formula is C29H27F2N5O3. The molecule has 10 heteroatoms. The van der Waals surface area contributed by atoms with Gasteiger partial charge in [-0.3, -0.25) is 5.32 Å². The Balaban J connectivity index is 1.49. The van der Waals surface area contributed by atoms with Crippen molar-refractivity contribution in [3.05, 3.63) is 88.5 Å². The average molecular weight is 532 g/mol. The number of nitrogens with zero attached hydrogens (tertiary/aromatic N) is 3. The molecule has 2 aliphatic rings. The number of anilines is 1. The Morgan fingerprint density at radius 2 is 1.90 bits per heavy atom. The summed E-state index contributed by atoms with van der Waals surface area (Å²) in [6.45, 7) is 1.38. The van der Waals surface area contributed by atoms with E-state index in [9.17, 15) is 18.7 Å². The molecule has 2 atom stereocenters. The Morgan fingerprint density at radius 3 is 2.67 bits per heavy atom. The van der Waals surface area contributed by atoms with Crippen LogP contribution >= 0.6 is 0 Å². The van der Waals surface area contributed by atoms with Gasteiger partial charge in [0, 0.05) is 30.3 Å². The van der Waals surface area contributed by atoms with Crippen LogP contribution in [0.25, 0.3) is 22.7 Å². The summed E-state index contributed by atoms with van der Waals surface area (Å²) in [5.41, 5.74) is 10.4. The highest BCUT2D eigenvalue weighted by Crippen LogP contribution is 2.39. The lowest BCUT2D eigenvalue weighted by atomic mass is 9.92. The fourth-order valence-corrected chi connectivity index (χ4v) is 5.52. The number of imidazole rings is 1. The molecule has 1 saturated heterocycles. The quantitative estimate of drug-likeness (QED) is 0.361. The Labute approximate surface area is 223 Å². The van der Waals surface area contributed by atoms with E-state index in [4.69, 9.17) is 10.5 Å². The first-order valence-corrected chi connectivity index (χ1v) is 12.6. The number of carbonyl (C=O) groups excluding carboxylic acids is 1. The van der Waals surface area contributed by atoms with E-state index in [0.29, 0.717) is 35.4 Å². The van der Waals surface area contributed by atoms with E-state index in [1.54, 1.807) is 12.1 Å². The maximum Gasteiger partial charge on any atom is 0.318 e. The third-order valence-corrected chi connectivity index (χ3v) is 7.32. The zero-order valence-corrected chi connectivity index (χ0v) is 21.2. The molecule has 2 aliphatic heterocycles. The molecule has 4 N–H and O–H groups in total. The number of likely N-dealkylation sites (tertiary alicyclic amines) is 1. The van der Waals surface area contributed by atoms with E-state index in [1.807, 2.05) is 35.9 Å². The molecule has 39 heavy (non-hydrogen) atoms. The number of rotatable bonds is 3. The van der Waals surface area contributed by atoms with Crippen molar-refractivity contribution in [1.82, 2.24) is 14.5 Å². The second kappa shape index (κ2) is 9.79. The van der Waals surface area contributed by atoms with Crippen LogP contribution in [-0.4, -0.2) is 51.8 Å².